The summed E-state index contributed by atoms with van der Waals surface area (Å²) in [6, 6.07) is 11.9. The Balaban J connectivity index is 2.00. The highest BCUT2D eigenvalue weighted by molar-refractivity contribution is 7.07. The SMILES string of the molecule is CCOC(=O)C1=C(C)N=c2s/c(=C/c3cc(OC)ccc3OC)c(=O)n2[C@@H]1c1ccccc1OC. The van der Waals surface area contributed by atoms with E-state index in [0.717, 1.165) is 0 Å². The highest BCUT2D eigenvalue weighted by Gasteiger charge is 2.34. The first-order chi connectivity index (χ1) is 16.9. The second-order valence-corrected chi connectivity index (χ2v) is 8.66. The van der Waals surface area contributed by atoms with Crippen molar-refractivity contribution in [2.75, 3.05) is 27.9 Å². The number of benzene rings is 2. The molecule has 9 heteroatoms. The second-order valence-electron chi connectivity index (χ2n) is 7.65. The largest absolute Gasteiger partial charge is 0.497 e. The third kappa shape index (κ3) is 4.46. The van der Waals surface area contributed by atoms with E-state index in [1.807, 2.05) is 18.2 Å². The quantitative estimate of drug-likeness (QED) is 0.470. The van der Waals surface area contributed by atoms with Crippen molar-refractivity contribution in [3.63, 3.8) is 0 Å². The molecule has 0 N–H and O–H groups in total. The molecule has 0 aliphatic carbocycles. The number of carbonyl (C=O) groups excluding carboxylic acids is 1. The van der Waals surface area contributed by atoms with Gasteiger partial charge < -0.3 is 18.9 Å². The number of rotatable bonds is 7. The predicted octanol–water partition coefficient (Wildman–Crippen LogP) is 2.82. The van der Waals surface area contributed by atoms with Crippen LogP contribution in [0.3, 0.4) is 0 Å². The molecule has 0 saturated carbocycles. The van der Waals surface area contributed by atoms with E-state index < -0.39 is 12.0 Å². The van der Waals surface area contributed by atoms with Crippen molar-refractivity contribution in [3.05, 3.63) is 84.5 Å². The standard InChI is InChI=1S/C26H26N2O6S/c1-6-34-25(30)22-15(2)27-26-28(23(22)18-9-7-8-10-20(18)33-5)24(29)21(35-26)14-16-13-17(31-3)11-12-19(16)32-4/h7-14,23H,6H2,1-5H3/b21-14+/t23-/m1/s1. The molecule has 0 saturated heterocycles. The van der Waals surface area contributed by atoms with Crippen molar-refractivity contribution in [1.29, 1.82) is 0 Å². The molecule has 0 amide bonds. The number of aromatic nitrogens is 1. The summed E-state index contributed by atoms with van der Waals surface area (Å²) >= 11 is 1.24. The van der Waals surface area contributed by atoms with Crippen LogP contribution < -0.4 is 29.1 Å². The first kappa shape index (κ1) is 24.3. The van der Waals surface area contributed by atoms with Crippen molar-refractivity contribution in [3.8, 4) is 17.2 Å². The Morgan fingerprint density at radius 1 is 1.09 bits per heavy atom. The maximum atomic E-state index is 13.8. The number of nitrogens with zero attached hydrogens (tertiary/aromatic N) is 2. The van der Waals surface area contributed by atoms with Gasteiger partial charge in [-0.3, -0.25) is 9.36 Å². The van der Waals surface area contributed by atoms with Crippen molar-refractivity contribution in [2.45, 2.75) is 19.9 Å². The van der Waals surface area contributed by atoms with Gasteiger partial charge in [0.15, 0.2) is 4.80 Å². The van der Waals surface area contributed by atoms with Crippen LogP contribution in [-0.2, 0) is 9.53 Å². The van der Waals surface area contributed by atoms with Crippen molar-refractivity contribution < 1.29 is 23.7 Å². The molecule has 1 atom stereocenters. The predicted molar refractivity (Wildman–Crippen MR) is 133 cm³/mol. The molecule has 2 aromatic carbocycles. The molecule has 1 aliphatic heterocycles. The van der Waals surface area contributed by atoms with Crippen LogP contribution in [0.15, 0.2) is 63.5 Å². The molecule has 182 valence electrons. The molecule has 0 spiro atoms. The molecule has 35 heavy (non-hydrogen) atoms. The third-order valence-electron chi connectivity index (χ3n) is 5.67. The van der Waals surface area contributed by atoms with E-state index in [-0.39, 0.29) is 12.2 Å². The van der Waals surface area contributed by atoms with Gasteiger partial charge in [-0.05, 0) is 44.2 Å². The molecule has 0 radical (unpaired) electrons. The molecule has 8 nitrogen and oxygen atoms in total. The minimum absolute atomic E-state index is 0.203. The highest BCUT2D eigenvalue weighted by atomic mass is 32.1. The number of carbonyl (C=O) groups is 1. The van der Waals surface area contributed by atoms with Gasteiger partial charge in [0.05, 0.1) is 43.7 Å². The summed E-state index contributed by atoms with van der Waals surface area (Å²) in [6.45, 7) is 3.69. The monoisotopic (exact) mass is 494 g/mol. The average molecular weight is 495 g/mol. The Labute approximate surface area is 206 Å². The van der Waals surface area contributed by atoms with Crippen LogP contribution in [0.1, 0.15) is 31.0 Å². The Hall–Kier alpha value is -3.85. The molecule has 1 aromatic heterocycles. The maximum absolute atomic E-state index is 13.8. The van der Waals surface area contributed by atoms with Crippen LogP contribution in [0.5, 0.6) is 17.2 Å². The van der Waals surface area contributed by atoms with Gasteiger partial charge in [-0.25, -0.2) is 9.79 Å². The summed E-state index contributed by atoms with van der Waals surface area (Å²) in [4.78, 5) is 31.9. The molecular formula is C26H26N2O6S. The minimum atomic E-state index is -0.754. The summed E-state index contributed by atoms with van der Waals surface area (Å²) in [5.74, 6) is 1.27. The third-order valence-corrected chi connectivity index (χ3v) is 6.66. The molecular weight excluding hydrogens is 468 g/mol. The Morgan fingerprint density at radius 2 is 1.83 bits per heavy atom. The molecule has 0 bridgehead atoms. The first-order valence-electron chi connectivity index (χ1n) is 11.0. The van der Waals surface area contributed by atoms with Crippen LogP contribution in [0.25, 0.3) is 6.08 Å². The number of thiazole rings is 1. The molecule has 0 fully saturated rings. The van der Waals surface area contributed by atoms with Gasteiger partial charge in [0.1, 0.15) is 23.3 Å². The van der Waals surface area contributed by atoms with E-state index in [1.54, 1.807) is 65.5 Å². The number of para-hydroxylation sites is 1. The lowest BCUT2D eigenvalue weighted by Crippen LogP contribution is -2.40. The van der Waals surface area contributed by atoms with Gasteiger partial charge in [0.25, 0.3) is 5.56 Å². The molecule has 0 unspecified atom stereocenters. The minimum Gasteiger partial charge on any atom is -0.497 e. The summed E-state index contributed by atoms with van der Waals surface area (Å²) in [5, 5.41) is 0. The van der Waals surface area contributed by atoms with E-state index in [1.165, 1.54) is 15.9 Å². The van der Waals surface area contributed by atoms with Crippen molar-refractivity contribution in [1.82, 2.24) is 4.57 Å². The topological polar surface area (TPSA) is 88.4 Å². The van der Waals surface area contributed by atoms with Crippen molar-refractivity contribution >= 4 is 23.4 Å². The van der Waals surface area contributed by atoms with Gasteiger partial charge in [0, 0.05) is 11.1 Å². The van der Waals surface area contributed by atoms with Crippen molar-refractivity contribution in [2.24, 2.45) is 4.99 Å². The molecule has 2 heterocycles. The normalized spacial score (nSPS) is 15.3. The van der Waals surface area contributed by atoms with Gasteiger partial charge in [-0.1, -0.05) is 29.5 Å². The van der Waals surface area contributed by atoms with E-state index in [2.05, 4.69) is 4.99 Å². The molecule has 4 rings (SSSR count). The fraction of sp³-hybridized carbons (Fsp3) is 0.269. The number of esters is 1. The van der Waals surface area contributed by atoms with Crippen LogP contribution in [0, 0.1) is 0 Å². The van der Waals surface area contributed by atoms with E-state index in [0.29, 0.717) is 49.0 Å². The van der Waals surface area contributed by atoms with E-state index >= 15 is 0 Å². The van der Waals surface area contributed by atoms with Gasteiger partial charge in [0.2, 0.25) is 0 Å². The van der Waals surface area contributed by atoms with Crippen LogP contribution in [0.4, 0.5) is 0 Å². The summed E-state index contributed by atoms with van der Waals surface area (Å²) < 4.78 is 23.7. The Bertz CT molecular complexity index is 1480. The van der Waals surface area contributed by atoms with Crippen LogP contribution in [-0.4, -0.2) is 38.5 Å². The van der Waals surface area contributed by atoms with E-state index in [9.17, 15) is 9.59 Å². The number of hydrogen-bond acceptors (Lipinski definition) is 8. The summed E-state index contributed by atoms with van der Waals surface area (Å²) in [5.41, 5.74) is 1.86. The van der Waals surface area contributed by atoms with Gasteiger partial charge >= 0.3 is 5.97 Å². The highest BCUT2D eigenvalue weighted by Crippen LogP contribution is 2.35. The smallest absolute Gasteiger partial charge is 0.338 e. The Kier molecular flexibility index (Phi) is 7.07. The fourth-order valence-corrected chi connectivity index (χ4v) is 5.11. The number of methoxy groups -OCH3 is 3. The molecule has 3 aromatic rings. The summed E-state index contributed by atoms with van der Waals surface area (Å²) in [6.07, 6.45) is 1.74. The zero-order valence-electron chi connectivity index (χ0n) is 20.2. The number of allylic oxidation sites excluding steroid dienone is 1. The number of ether oxygens (including phenoxy) is 4. The fourth-order valence-electron chi connectivity index (χ4n) is 4.07. The van der Waals surface area contributed by atoms with Gasteiger partial charge in [-0.2, -0.15) is 0 Å². The zero-order valence-corrected chi connectivity index (χ0v) is 21.0. The number of hydrogen-bond donors (Lipinski definition) is 0. The van der Waals surface area contributed by atoms with E-state index in [4.69, 9.17) is 18.9 Å². The van der Waals surface area contributed by atoms with Crippen LogP contribution >= 0.6 is 11.3 Å². The lowest BCUT2D eigenvalue weighted by molar-refractivity contribution is -0.139. The first-order valence-corrected chi connectivity index (χ1v) is 11.8. The zero-order chi connectivity index (χ0) is 25.1. The molecule has 1 aliphatic rings. The average Bonchev–Trinajstić information content (AvgIpc) is 3.17. The van der Waals surface area contributed by atoms with Crippen LogP contribution in [0.2, 0.25) is 0 Å². The lowest BCUT2D eigenvalue weighted by atomic mass is 9.95. The number of fused-ring (bicyclic) bond motifs is 1. The Morgan fingerprint density at radius 3 is 2.51 bits per heavy atom. The maximum Gasteiger partial charge on any atom is 0.338 e. The van der Waals surface area contributed by atoms with Gasteiger partial charge in [-0.15, -0.1) is 0 Å². The lowest BCUT2D eigenvalue weighted by Gasteiger charge is -2.25. The summed E-state index contributed by atoms with van der Waals surface area (Å²) in [7, 11) is 4.70. The second kappa shape index (κ2) is 10.2.